The lowest BCUT2D eigenvalue weighted by Gasteiger charge is -2.31. The van der Waals surface area contributed by atoms with Crippen LogP contribution in [0.3, 0.4) is 0 Å². The highest BCUT2D eigenvalue weighted by Crippen LogP contribution is 2.36. The van der Waals surface area contributed by atoms with Crippen molar-refractivity contribution in [2.45, 2.75) is 46.0 Å². The number of ether oxygens (including phenoxy) is 1. The van der Waals surface area contributed by atoms with E-state index in [-0.39, 0.29) is 17.3 Å². The van der Waals surface area contributed by atoms with E-state index in [2.05, 4.69) is 20.5 Å². The Labute approximate surface area is 107 Å². The number of aromatic amines is 1. The fraction of sp³-hybridized carbons (Fsp3) is 0.750. The van der Waals surface area contributed by atoms with Crippen molar-refractivity contribution in [2.24, 2.45) is 5.41 Å². The van der Waals surface area contributed by atoms with Crippen LogP contribution in [0.4, 0.5) is 5.95 Å². The molecule has 0 aliphatic heterocycles. The molecule has 1 heterocycles. The Morgan fingerprint density at radius 1 is 1.44 bits per heavy atom. The Bertz CT molecular complexity index is 410. The summed E-state index contributed by atoms with van der Waals surface area (Å²) >= 11 is 0. The monoisotopic (exact) mass is 252 g/mol. The van der Waals surface area contributed by atoms with E-state index in [1.54, 1.807) is 0 Å². The lowest BCUT2D eigenvalue weighted by atomic mass is 9.75. The van der Waals surface area contributed by atoms with Crippen molar-refractivity contribution in [2.75, 3.05) is 11.9 Å². The first-order chi connectivity index (χ1) is 8.64. The van der Waals surface area contributed by atoms with Crippen molar-refractivity contribution in [1.29, 1.82) is 0 Å². The molecule has 18 heavy (non-hydrogen) atoms. The number of carbonyl (C=O) groups excluding carboxylic acids is 1. The van der Waals surface area contributed by atoms with Crippen LogP contribution in [0.15, 0.2) is 0 Å². The molecule has 2 rings (SSSR count). The normalized spacial score (nSPS) is 18.3. The molecule has 0 spiro atoms. The number of carbonyl (C=O) groups is 1. The number of aromatic nitrogens is 3. The first-order valence-electron chi connectivity index (χ1n) is 6.51. The summed E-state index contributed by atoms with van der Waals surface area (Å²) in [6.45, 7) is 4.38. The maximum Gasteiger partial charge on any atom is 0.337 e. The third kappa shape index (κ3) is 2.80. The minimum atomic E-state index is -0.281. The molecule has 1 aromatic heterocycles. The van der Waals surface area contributed by atoms with Gasteiger partial charge in [0, 0.05) is 5.41 Å². The van der Waals surface area contributed by atoms with Crippen LogP contribution < -0.4 is 10.1 Å². The minimum Gasteiger partial charge on any atom is -0.463 e. The third-order valence-electron chi connectivity index (χ3n) is 3.48. The summed E-state index contributed by atoms with van der Waals surface area (Å²) in [7, 11) is 0. The highest BCUT2D eigenvalue weighted by Gasteiger charge is 2.34. The molecule has 100 valence electrons. The van der Waals surface area contributed by atoms with E-state index in [0.29, 0.717) is 12.6 Å². The second-order valence-electron chi connectivity index (χ2n) is 4.98. The van der Waals surface area contributed by atoms with Gasteiger partial charge in [0.1, 0.15) is 0 Å². The van der Waals surface area contributed by atoms with Gasteiger partial charge < -0.3 is 4.74 Å². The molecule has 0 aromatic carbocycles. The maximum atomic E-state index is 12.2. The number of rotatable bonds is 4. The van der Waals surface area contributed by atoms with E-state index in [9.17, 15) is 4.79 Å². The highest BCUT2D eigenvalue weighted by atomic mass is 16.5. The molecule has 1 aliphatic rings. The summed E-state index contributed by atoms with van der Waals surface area (Å²) in [6.07, 6.45) is 5.32. The molecule has 6 nitrogen and oxygen atoms in total. The fourth-order valence-corrected chi connectivity index (χ4v) is 2.31. The molecule has 1 fully saturated rings. The maximum absolute atomic E-state index is 12.2. The van der Waals surface area contributed by atoms with E-state index >= 15 is 0 Å². The summed E-state index contributed by atoms with van der Waals surface area (Å²) < 4.78 is 5.13. The van der Waals surface area contributed by atoms with Crippen LogP contribution in [0.25, 0.3) is 0 Å². The van der Waals surface area contributed by atoms with Gasteiger partial charge >= 0.3 is 6.01 Å². The Kier molecular flexibility index (Phi) is 3.84. The van der Waals surface area contributed by atoms with Gasteiger partial charge in [-0.3, -0.25) is 10.1 Å². The molecule has 1 aliphatic carbocycles. The smallest absolute Gasteiger partial charge is 0.337 e. The summed E-state index contributed by atoms with van der Waals surface area (Å²) in [6, 6.07) is 0.265. The topological polar surface area (TPSA) is 79.9 Å². The van der Waals surface area contributed by atoms with E-state index in [0.717, 1.165) is 25.7 Å². The third-order valence-corrected chi connectivity index (χ3v) is 3.48. The predicted octanol–water partition coefficient (Wildman–Crippen LogP) is 2.11. The number of anilines is 1. The number of hydrogen-bond acceptors (Lipinski definition) is 4. The van der Waals surface area contributed by atoms with Crippen LogP contribution in [-0.4, -0.2) is 27.7 Å². The molecule has 1 amide bonds. The summed E-state index contributed by atoms with van der Waals surface area (Å²) in [4.78, 5) is 16.3. The van der Waals surface area contributed by atoms with Crippen LogP contribution in [0.1, 0.15) is 46.0 Å². The SMILES string of the molecule is CCOc1n[nH]c(NC(=O)C2(C)CCCCC2)n1. The van der Waals surface area contributed by atoms with Gasteiger partial charge in [-0.25, -0.2) is 5.10 Å². The van der Waals surface area contributed by atoms with Crippen molar-refractivity contribution in [1.82, 2.24) is 15.2 Å². The average molecular weight is 252 g/mol. The number of H-pyrrole nitrogens is 1. The molecule has 6 heteroatoms. The molecule has 1 aromatic rings. The molecule has 2 N–H and O–H groups in total. The zero-order chi connectivity index (χ0) is 13.0. The molecular weight excluding hydrogens is 232 g/mol. The molecule has 0 bridgehead atoms. The van der Waals surface area contributed by atoms with Gasteiger partial charge in [0.15, 0.2) is 0 Å². The number of hydrogen-bond donors (Lipinski definition) is 2. The summed E-state index contributed by atoms with van der Waals surface area (Å²) in [5.74, 6) is 0.372. The lowest BCUT2D eigenvalue weighted by Crippen LogP contribution is -2.35. The van der Waals surface area contributed by atoms with Gasteiger partial charge in [-0.1, -0.05) is 26.2 Å². The molecule has 0 unspecified atom stereocenters. The van der Waals surface area contributed by atoms with E-state index < -0.39 is 0 Å². The van der Waals surface area contributed by atoms with Gasteiger partial charge in [0.05, 0.1) is 6.61 Å². The van der Waals surface area contributed by atoms with Crippen molar-refractivity contribution in [3.8, 4) is 6.01 Å². The second-order valence-corrected chi connectivity index (χ2v) is 4.98. The van der Waals surface area contributed by atoms with Crippen molar-refractivity contribution < 1.29 is 9.53 Å². The minimum absolute atomic E-state index is 0.0152. The summed E-state index contributed by atoms with van der Waals surface area (Å²) in [5.41, 5.74) is -0.281. The number of nitrogens with zero attached hydrogens (tertiary/aromatic N) is 2. The predicted molar refractivity (Wildman–Crippen MR) is 67.4 cm³/mol. The van der Waals surface area contributed by atoms with Gasteiger partial charge in [0.2, 0.25) is 11.9 Å². The fourth-order valence-electron chi connectivity index (χ4n) is 2.31. The largest absolute Gasteiger partial charge is 0.463 e. The standard InChI is InChI=1S/C12H20N4O2/c1-3-18-11-14-10(15-16-11)13-9(17)12(2)7-5-4-6-8-12/h3-8H2,1-2H3,(H2,13,14,15,16,17). The average Bonchev–Trinajstić information content (AvgIpc) is 2.78. The lowest BCUT2D eigenvalue weighted by molar-refractivity contribution is -0.126. The molecule has 0 atom stereocenters. The quantitative estimate of drug-likeness (QED) is 0.860. The van der Waals surface area contributed by atoms with Crippen LogP contribution in [0.2, 0.25) is 0 Å². The first kappa shape index (κ1) is 12.9. The Hall–Kier alpha value is -1.59. The zero-order valence-corrected chi connectivity index (χ0v) is 11.0. The van der Waals surface area contributed by atoms with Gasteiger partial charge in [-0.15, -0.1) is 5.10 Å². The Morgan fingerprint density at radius 3 is 2.83 bits per heavy atom. The van der Waals surface area contributed by atoms with Gasteiger partial charge in [-0.05, 0) is 19.8 Å². The van der Waals surface area contributed by atoms with Crippen LogP contribution in [-0.2, 0) is 4.79 Å². The van der Waals surface area contributed by atoms with Crippen LogP contribution in [0, 0.1) is 5.41 Å². The molecular formula is C12H20N4O2. The first-order valence-corrected chi connectivity index (χ1v) is 6.51. The van der Waals surface area contributed by atoms with Gasteiger partial charge in [0.25, 0.3) is 0 Å². The zero-order valence-electron chi connectivity index (χ0n) is 11.0. The number of amides is 1. The Balaban J connectivity index is 1.97. The Morgan fingerprint density at radius 2 is 2.17 bits per heavy atom. The number of nitrogens with one attached hydrogen (secondary N) is 2. The molecule has 0 radical (unpaired) electrons. The van der Waals surface area contributed by atoms with Crippen LogP contribution in [0.5, 0.6) is 6.01 Å². The van der Waals surface area contributed by atoms with Crippen molar-refractivity contribution >= 4 is 11.9 Å². The second kappa shape index (κ2) is 5.37. The highest BCUT2D eigenvalue weighted by molar-refractivity contribution is 5.93. The van der Waals surface area contributed by atoms with Crippen molar-refractivity contribution in [3.63, 3.8) is 0 Å². The van der Waals surface area contributed by atoms with Gasteiger partial charge in [-0.2, -0.15) is 4.98 Å². The van der Waals surface area contributed by atoms with Crippen molar-refractivity contribution in [3.05, 3.63) is 0 Å². The van der Waals surface area contributed by atoms with E-state index in [1.165, 1.54) is 6.42 Å². The summed E-state index contributed by atoms with van der Waals surface area (Å²) in [5, 5.41) is 9.30. The molecule has 1 saturated carbocycles. The van der Waals surface area contributed by atoms with E-state index in [1.807, 2.05) is 13.8 Å². The molecule has 0 saturated heterocycles. The van der Waals surface area contributed by atoms with Crippen LogP contribution >= 0.6 is 0 Å². The van der Waals surface area contributed by atoms with E-state index in [4.69, 9.17) is 4.74 Å².